The summed E-state index contributed by atoms with van der Waals surface area (Å²) in [5.41, 5.74) is 5.19. The summed E-state index contributed by atoms with van der Waals surface area (Å²) in [6.45, 7) is 6.10. The van der Waals surface area contributed by atoms with Crippen molar-refractivity contribution in [3.63, 3.8) is 0 Å². The van der Waals surface area contributed by atoms with Gasteiger partial charge in [0.05, 0.1) is 11.9 Å². The number of nitrogens with one attached hydrogen (secondary N) is 2. The summed E-state index contributed by atoms with van der Waals surface area (Å²) in [5, 5.41) is 6.08. The Hall–Kier alpha value is -3.34. The minimum Gasteiger partial charge on any atom is -0.484 e. The second kappa shape index (κ2) is 8.36. The van der Waals surface area contributed by atoms with Gasteiger partial charge in [-0.1, -0.05) is 29.8 Å². The van der Waals surface area contributed by atoms with Crippen molar-refractivity contribution in [2.45, 2.75) is 20.8 Å². The first kappa shape index (κ1) is 18.5. The van der Waals surface area contributed by atoms with E-state index in [0.29, 0.717) is 11.4 Å². The fourth-order valence-corrected chi connectivity index (χ4v) is 2.55. The zero-order valence-electron chi connectivity index (χ0n) is 15.7. The van der Waals surface area contributed by atoms with Crippen molar-refractivity contribution in [1.82, 2.24) is 4.98 Å². The van der Waals surface area contributed by atoms with Gasteiger partial charge in [0, 0.05) is 5.69 Å². The van der Waals surface area contributed by atoms with E-state index in [1.165, 1.54) is 11.1 Å². The van der Waals surface area contributed by atoms with Crippen molar-refractivity contribution in [3.8, 4) is 5.75 Å². The van der Waals surface area contributed by atoms with E-state index >= 15 is 0 Å². The molecule has 0 aliphatic rings. The second-order valence-electron chi connectivity index (χ2n) is 6.45. The molecule has 0 saturated heterocycles. The third-order valence-electron chi connectivity index (χ3n) is 4.31. The molecule has 138 valence electrons. The van der Waals surface area contributed by atoms with Crippen molar-refractivity contribution in [2.75, 3.05) is 17.2 Å². The molecule has 0 atom stereocenters. The maximum atomic E-state index is 12.0. The normalized spacial score (nSPS) is 10.3. The van der Waals surface area contributed by atoms with Crippen LogP contribution in [0.1, 0.15) is 16.7 Å². The summed E-state index contributed by atoms with van der Waals surface area (Å²) in [6, 6.07) is 17.3. The first-order valence-electron chi connectivity index (χ1n) is 8.80. The number of pyridine rings is 1. The SMILES string of the molecule is Cc1ccc(OCC(=O)Nc2ccc(Nc3cccc(C)c3C)nc2)cc1. The molecule has 2 aromatic carbocycles. The molecular formula is C22H23N3O2. The molecule has 1 heterocycles. The molecule has 0 aliphatic carbocycles. The predicted octanol–water partition coefficient (Wildman–Crippen LogP) is 4.77. The highest BCUT2D eigenvalue weighted by atomic mass is 16.5. The van der Waals surface area contributed by atoms with Crippen LogP contribution in [0.5, 0.6) is 5.75 Å². The monoisotopic (exact) mass is 361 g/mol. The Kier molecular flexibility index (Phi) is 5.71. The van der Waals surface area contributed by atoms with Gasteiger partial charge in [0.2, 0.25) is 0 Å². The first-order valence-corrected chi connectivity index (χ1v) is 8.80. The van der Waals surface area contributed by atoms with Crippen molar-refractivity contribution in [2.24, 2.45) is 0 Å². The van der Waals surface area contributed by atoms with Gasteiger partial charge in [-0.25, -0.2) is 4.98 Å². The summed E-state index contributed by atoms with van der Waals surface area (Å²) < 4.78 is 5.48. The van der Waals surface area contributed by atoms with E-state index in [4.69, 9.17) is 4.74 Å². The highest BCUT2D eigenvalue weighted by Gasteiger charge is 2.06. The van der Waals surface area contributed by atoms with Crippen LogP contribution in [-0.2, 0) is 4.79 Å². The molecular weight excluding hydrogens is 338 g/mol. The molecule has 5 nitrogen and oxygen atoms in total. The Morgan fingerprint density at radius 1 is 1.00 bits per heavy atom. The number of aromatic nitrogens is 1. The van der Waals surface area contributed by atoms with Crippen LogP contribution in [0.15, 0.2) is 60.8 Å². The number of rotatable bonds is 6. The van der Waals surface area contributed by atoms with Crippen LogP contribution < -0.4 is 15.4 Å². The number of amides is 1. The molecule has 0 bridgehead atoms. The molecule has 2 N–H and O–H groups in total. The molecule has 0 aliphatic heterocycles. The van der Waals surface area contributed by atoms with Gasteiger partial charge in [0.15, 0.2) is 6.61 Å². The van der Waals surface area contributed by atoms with Gasteiger partial charge in [-0.3, -0.25) is 4.79 Å². The topological polar surface area (TPSA) is 63.2 Å². The lowest BCUT2D eigenvalue weighted by molar-refractivity contribution is -0.118. The number of nitrogens with zero attached hydrogens (tertiary/aromatic N) is 1. The lowest BCUT2D eigenvalue weighted by atomic mass is 10.1. The summed E-state index contributed by atoms with van der Waals surface area (Å²) in [7, 11) is 0. The summed E-state index contributed by atoms with van der Waals surface area (Å²) in [6.07, 6.45) is 1.62. The van der Waals surface area contributed by atoms with Gasteiger partial charge >= 0.3 is 0 Å². The largest absolute Gasteiger partial charge is 0.484 e. The molecule has 0 saturated carbocycles. The van der Waals surface area contributed by atoms with Gasteiger partial charge in [-0.05, 0) is 62.2 Å². The lowest BCUT2D eigenvalue weighted by Crippen LogP contribution is -2.20. The molecule has 27 heavy (non-hydrogen) atoms. The molecule has 5 heteroatoms. The Labute approximate surface area is 159 Å². The van der Waals surface area contributed by atoms with E-state index in [-0.39, 0.29) is 12.5 Å². The van der Waals surface area contributed by atoms with Crippen LogP contribution in [0.3, 0.4) is 0 Å². The Morgan fingerprint density at radius 3 is 2.48 bits per heavy atom. The van der Waals surface area contributed by atoms with Gasteiger partial charge in [0.1, 0.15) is 11.6 Å². The molecule has 3 aromatic rings. The van der Waals surface area contributed by atoms with E-state index < -0.39 is 0 Å². The van der Waals surface area contributed by atoms with E-state index in [2.05, 4.69) is 35.5 Å². The molecule has 0 radical (unpaired) electrons. The Bertz CT molecular complexity index is 919. The zero-order valence-corrected chi connectivity index (χ0v) is 15.7. The second-order valence-corrected chi connectivity index (χ2v) is 6.45. The molecule has 1 aromatic heterocycles. The number of carbonyl (C=O) groups is 1. The summed E-state index contributed by atoms with van der Waals surface area (Å²) in [5.74, 6) is 1.16. The minimum atomic E-state index is -0.229. The highest BCUT2D eigenvalue weighted by molar-refractivity contribution is 5.91. The number of aryl methyl sites for hydroxylation is 2. The molecule has 3 rings (SSSR count). The number of hydrogen-bond donors (Lipinski definition) is 2. The maximum absolute atomic E-state index is 12.0. The van der Waals surface area contributed by atoms with Crippen molar-refractivity contribution >= 4 is 23.1 Å². The van der Waals surface area contributed by atoms with E-state index in [9.17, 15) is 4.79 Å². The van der Waals surface area contributed by atoms with Crippen LogP contribution in [0.4, 0.5) is 17.2 Å². The predicted molar refractivity (Wildman–Crippen MR) is 109 cm³/mol. The van der Waals surface area contributed by atoms with Gasteiger partial charge in [-0.2, -0.15) is 0 Å². The number of ether oxygens (including phenoxy) is 1. The van der Waals surface area contributed by atoms with Crippen molar-refractivity contribution < 1.29 is 9.53 Å². The number of hydrogen-bond acceptors (Lipinski definition) is 4. The van der Waals surface area contributed by atoms with Crippen molar-refractivity contribution in [1.29, 1.82) is 0 Å². The molecule has 0 spiro atoms. The summed E-state index contributed by atoms with van der Waals surface area (Å²) in [4.78, 5) is 16.4. The maximum Gasteiger partial charge on any atom is 0.262 e. The number of carbonyl (C=O) groups excluding carboxylic acids is 1. The fourth-order valence-electron chi connectivity index (χ4n) is 2.55. The third kappa shape index (κ3) is 5.07. The third-order valence-corrected chi connectivity index (χ3v) is 4.31. The number of anilines is 3. The highest BCUT2D eigenvalue weighted by Crippen LogP contribution is 2.22. The Balaban J connectivity index is 1.54. The smallest absolute Gasteiger partial charge is 0.262 e. The van der Waals surface area contributed by atoms with Crippen LogP contribution in [0, 0.1) is 20.8 Å². The molecule has 1 amide bonds. The molecule has 0 fully saturated rings. The van der Waals surface area contributed by atoms with Crippen LogP contribution >= 0.6 is 0 Å². The van der Waals surface area contributed by atoms with Crippen LogP contribution in [-0.4, -0.2) is 17.5 Å². The molecule has 0 unspecified atom stereocenters. The van der Waals surface area contributed by atoms with Crippen LogP contribution in [0.25, 0.3) is 0 Å². The van der Waals surface area contributed by atoms with Gasteiger partial charge in [0.25, 0.3) is 5.91 Å². The Morgan fingerprint density at radius 2 is 1.78 bits per heavy atom. The van der Waals surface area contributed by atoms with Gasteiger partial charge in [-0.15, -0.1) is 0 Å². The van der Waals surface area contributed by atoms with Crippen LogP contribution in [0.2, 0.25) is 0 Å². The lowest BCUT2D eigenvalue weighted by Gasteiger charge is -2.11. The average Bonchev–Trinajstić information content (AvgIpc) is 2.66. The van der Waals surface area contributed by atoms with E-state index in [0.717, 1.165) is 17.1 Å². The quantitative estimate of drug-likeness (QED) is 0.664. The first-order chi connectivity index (χ1) is 13.0. The minimum absolute atomic E-state index is 0.0501. The van der Waals surface area contributed by atoms with Gasteiger partial charge < -0.3 is 15.4 Å². The zero-order chi connectivity index (χ0) is 19.2. The summed E-state index contributed by atoms with van der Waals surface area (Å²) >= 11 is 0. The standard InChI is InChI=1S/C22H23N3O2/c1-15-7-10-19(11-8-15)27-14-22(26)24-18-9-12-21(23-13-18)25-20-6-4-5-16(2)17(20)3/h4-13H,14H2,1-3H3,(H,23,25)(H,24,26). The van der Waals surface area contributed by atoms with E-state index in [1.807, 2.05) is 55.5 Å². The number of benzene rings is 2. The average molecular weight is 361 g/mol. The fraction of sp³-hybridized carbons (Fsp3) is 0.182. The van der Waals surface area contributed by atoms with E-state index in [1.54, 1.807) is 6.20 Å². The van der Waals surface area contributed by atoms with Crippen molar-refractivity contribution in [3.05, 3.63) is 77.5 Å².